The number of hydrogen-bond donors (Lipinski definition) is 0. The summed E-state index contributed by atoms with van der Waals surface area (Å²) >= 11 is 1.69. The highest BCUT2D eigenvalue weighted by Gasteiger charge is 2.51. The van der Waals surface area contributed by atoms with Gasteiger partial charge in [-0.2, -0.15) is 0 Å². The molecule has 0 atom stereocenters. The Labute approximate surface area is 364 Å². The summed E-state index contributed by atoms with van der Waals surface area (Å²) in [5.41, 5.74) is 11.3. The molecule has 4 bridgehead atoms. The second-order valence-electron chi connectivity index (χ2n) is 18.1. The van der Waals surface area contributed by atoms with Crippen LogP contribution in [0.15, 0.2) is 158 Å². The smallest absolute Gasteiger partial charge is 0.188 e. The highest BCUT2D eigenvalue weighted by Crippen LogP contribution is 2.61. The van der Waals surface area contributed by atoms with E-state index in [-0.39, 0.29) is 0 Å². The molecule has 0 aliphatic heterocycles. The van der Waals surface area contributed by atoms with E-state index < -0.39 is 0 Å². The molecule has 10 aromatic rings. The van der Waals surface area contributed by atoms with Crippen molar-refractivity contribution >= 4 is 59.0 Å². The lowest BCUT2D eigenvalue weighted by molar-refractivity contribution is -0.00518. The summed E-state index contributed by atoms with van der Waals surface area (Å²) in [5.74, 6) is 4.69. The number of rotatable bonds is 6. The van der Waals surface area contributed by atoms with Gasteiger partial charge in [-0.25, -0.2) is 19.8 Å². The first-order valence-corrected chi connectivity index (χ1v) is 22.8. The highest BCUT2D eigenvalue weighted by atomic mass is 32.1. The Balaban J connectivity index is 0.949. The number of nitrogens with zero attached hydrogens (tertiary/aromatic N) is 5. The third kappa shape index (κ3) is 5.61. The number of benzene rings is 7. The number of para-hydroxylation sites is 1. The van der Waals surface area contributed by atoms with Gasteiger partial charge in [0.05, 0.1) is 17.6 Å². The van der Waals surface area contributed by atoms with Crippen molar-refractivity contribution in [1.82, 2.24) is 19.5 Å². The highest BCUT2D eigenvalue weighted by molar-refractivity contribution is 7.26. The molecular weight excluding hydrogens is 775 g/mol. The van der Waals surface area contributed by atoms with Crippen LogP contribution in [0.1, 0.15) is 44.1 Å². The molecule has 296 valence electrons. The zero-order valence-electron chi connectivity index (χ0n) is 34.1. The van der Waals surface area contributed by atoms with Crippen molar-refractivity contribution in [1.29, 1.82) is 0 Å². The fourth-order valence-corrected chi connectivity index (χ4v) is 13.4. The van der Waals surface area contributed by atoms with Crippen LogP contribution in [0, 0.1) is 24.3 Å². The van der Waals surface area contributed by atoms with Crippen molar-refractivity contribution in [2.45, 2.75) is 43.9 Å². The maximum absolute atomic E-state index is 7.60. The van der Waals surface area contributed by atoms with Crippen LogP contribution >= 0.6 is 11.3 Å². The van der Waals surface area contributed by atoms with Gasteiger partial charge in [0.2, 0.25) is 0 Å². The van der Waals surface area contributed by atoms with Crippen molar-refractivity contribution in [3.05, 3.63) is 175 Å². The Morgan fingerprint density at radius 1 is 0.532 bits per heavy atom. The van der Waals surface area contributed by atoms with Crippen LogP contribution in [-0.2, 0) is 5.41 Å². The third-order valence-corrected chi connectivity index (χ3v) is 15.6. The molecule has 0 radical (unpaired) electrons. The van der Waals surface area contributed by atoms with Gasteiger partial charge in [0.15, 0.2) is 23.2 Å². The van der Waals surface area contributed by atoms with E-state index >= 15 is 0 Å². The SMILES string of the molecule is [C-]#[N+]c1ccc2c(c1)sc1c(-c3nc(-c4ccccc4)nc(-c4cccc5c4c4ccccc4n5-c4cccc(-c5ccc(C67CC8CC(CC(C8)C6)C7)cc5)c4)n3)cccc12. The standard InChI is InChI=1S/C56H41N5S/c1-57-41-24-25-43-44-15-8-17-47(52(44)62-50(43)30-41)55-59-53(38-10-3-2-4-11-38)58-54(60-55)46-16-9-19-49-51(46)45-14-5-6-18-48(45)61(49)42-13-7-12-39(29-42)37-20-22-40(23-21-37)56-31-34-26-35(32-56)28-36(27-34)33-56/h2-25,29-30,34-36H,26-28,31-33H2. The Morgan fingerprint density at radius 3 is 1.97 bits per heavy atom. The quantitative estimate of drug-likeness (QED) is 0.157. The van der Waals surface area contributed by atoms with Crippen LogP contribution in [0.4, 0.5) is 5.69 Å². The first-order chi connectivity index (χ1) is 30.6. The number of aromatic nitrogens is 4. The number of hydrogen-bond acceptors (Lipinski definition) is 4. The lowest BCUT2D eigenvalue weighted by Crippen LogP contribution is -2.48. The largest absolute Gasteiger partial charge is 0.309 e. The van der Waals surface area contributed by atoms with Crippen molar-refractivity contribution < 1.29 is 0 Å². The molecule has 0 saturated heterocycles. The fourth-order valence-electron chi connectivity index (χ4n) is 12.2. The van der Waals surface area contributed by atoms with E-state index in [4.69, 9.17) is 21.5 Å². The van der Waals surface area contributed by atoms with Gasteiger partial charge in [0, 0.05) is 47.9 Å². The van der Waals surface area contributed by atoms with Crippen molar-refractivity contribution in [3.8, 4) is 51.0 Å². The minimum absolute atomic E-state index is 0.396. The maximum atomic E-state index is 7.60. The number of fused-ring (bicyclic) bond motifs is 6. The van der Waals surface area contributed by atoms with E-state index in [1.807, 2.05) is 30.3 Å². The van der Waals surface area contributed by atoms with Gasteiger partial charge < -0.3 is 4.57 Å². The minimum Gasteiger partial charge on any atom is -0.309 e. The predicted molar refractivity (Wildman–Crippen MR) is 255 cm³/mol. The Kier molecular flexibility index (Phi) is 7.96. The van der Waals surface area contributed by atoms with Gasteiger partial charge in [-0.05, 0) is 120 Å². The maximum Gasteiger partial charge on any atom is 0.188 e. The van der Waals surface area contributed by atoms with E-state index in [1.54, 1.807) is 16.9 Å². The zero-order valence-corrected chi connectivity index (χ0v) is 34.9. The normalized spacial score (nSPS) is 20.4. The van der Waals surface area contributed by atoms with Gasteiger partial charge in [-0.15, -0.1) is 11.3 Å². The molecule has 7 aromatic carbocycles. The monoisotopic (exact) mass is 815 g/mol. The van der Waals surface area contributed by atoms with Crippen LogP contribution in [-0.4, -0.2) is 19.5 Å². The van der Waals surface area contributed by atoms with E-state index in [0.717, 1.165) is 82.1 Å². The van der Waals surface area contributed by atoms with E-state index in [0.29, 0.717) is 28.6 Å². The molecule has 5 nitrogen and oxygen atoms in total. The second-order valence-corrected chi connectivity index (χ2v) is 19.2. The average Bonchev–Trinajstić information content (AvgIpc) is 3.87. The molecule has 4 fully saturated rings. The van der Waals surface area contributed by atoms with Gasteiger partial charge in [-0.3, -0.25) is 0 Å². The molecular formula is C56H41N5S. The molecule has 4 aliphatic carbocycles. The summed E-state index contributed by atoms with van der Waals surface area (Å²) in [5, 5.41) is 4.52. The van der Waals surface area contributed by atoms with Crippen molar-refractivity contribution in [2.24, 2.45) is 17.8 Å². The lowest BCUT2D eigenvalue weighted by Gasteiger charge is -2.57. The van der Waals surface area contributed by atoms with Crippen molar-refractivity contribution in [2.75, 3.05) is 0 Å². The van der Waals surface area contributed by atoms with Crippen LogP contribution < -0.4 is 0 Å². The topological polar surface area (TPSA) is 48.0 Å². The van der Waals surface area contributed by atoms with Crippen LogP contribution in [0.2, 0.25) is 0 Å². The zero-order chi connectivity index (χ0) is 40.9. The summed E-state index contributed by atoms with van der Waals surface area (Å²) in [6, 6.07) is 56.4. The lowest BCUT2D eigenvalue weighted by atomic mass is 9.48. The van der Waals surface area contributed by atoms with Crippen LogP contribution in [0.25, 0.3) is 97.8 Å². The van der Waals surface area contributed by atoms with Gasteiger partial charge in [0.1, 0.15) is 0 Å². The molecule has 0 spiro atoms. The number of thiophene rings is 1. The predicted octanol–water partition coefficient (Wildman–Crippen LogP) is 15.0. The summed E-state index contributed by atoms with van der Waals surface area (Å²) in [6.45, 7) is 7.60. The molecule has 0 amide bonds. The first-order valence-electron chi connectivity index (χ1n) is 22.0. The van der Waals surface area contributed by atoms with E-state index in [2.05, 4.69) is 137 Å². The Bertz CT molecular complexity index is 3430. The van der Waals surface area contributed by atoms with Gasteiger partial charge in [-0.1, -0.05) is 121 Å². The Morgan fingerprint density at radius 2 is 1.18 bits per heavy atom. The average molecular weight is 816 g/mol. The van der Waals surface area contributed by atoms with Gasteiger partial charge in [0.25, 0.3) is 0 Å². The molecule has 62 heavy (non-hydrogen) atoms. The minimum atomic E-state index is 0.396. The second kappa shape index (κ2) is 13.8. The van der Waals surface area contributed by atoms with Crippen molar-refractivity contribution in [3.63, 3.8) is 0 Å². The summed E-state index contributed by atoms with van der Waals surface area (Å²) in [7, 11) is 0. The van der Waals surface area contributed by atoms with E-state index in [9.17, 15) is 0 Å². The van der Waals surface area contributed by atoms with E-state index in [1.165, 1.54) is 49.7 Å². The summed E-state index contributed by atoms with van der Waals surface area (Å²) in [6.07, 6.45) is 8.56. The molecule has 3 heterocycles. The van der Waals surface area contributed by atoms with Gasteiger partial charge >= 0.3 is 0 Å². The summed E-state index contributed by atoms with van der Waals surface area (Å²) < 4.78 is 4.57. The first kappa shape index (κ1) is 35.8. The molecule has 0 unspecified atom stereocenters. The van der Waals surface area contributed by atoms with Crippen LogP contribution in [0.3, 0.4) is 0 Å². The third-order valence-electron chi connectivity index (χ3n) is 14.4. The molecule has 3 aromatic heterocycles. The Hall–Kier alpha value is -6.94. The molecule has 14 rings (SSSR count). The summed E-state index contributed by atoms with van der Waals surface area (Å²) in [4.78, 5) is 19.4. The molecule has 4 aliphatic rings. The van der Waals surface area contributed by atoms with Crippen LogP contribution in [0.5, 0.6) is 0 Å². The molecule has 0 N–H and O–H groups in total. The fraction of sp³-hybridized carbons (Fsp3) is 0.179. The molecule has 4 saturated carbocycles. The molecule has 6 heteroatoms.